The van der Waals surface area contributed by atoms with Crippen LogP contribution in [-0.2, 0) is 13.6 Å². The summed E-state index contributed by atoms with van der Waals surface area (Å²) >= 11 is 0. The summed E-state index contributed by atoms with van der Waals surface area (Å²) in [5.41, 5.74) is 3.73. The van der Waals surface area contributed by atoms with Gasteiger partial charge in [0, 0.05) is 49.2 Å². The summed E-state index contributed by atoms with van der Waals surface area (Å²) in [4.78, 5) is 17.0. The Morgan fingerprint density at radius 3 is 2.46 bits per heavy atom. The van der Waals surface area contributed by atoms with E-state index in [2.05, 4.69) is 25.8 Å². The van der Waals surface area contributed by atoms with Gasteiger partial charge in [-0.05, 0) is 25.1 Å². The van der Waals surface area contributed by atoms with Crippen molar-refractivity contribution in [3.63, 3.8) is 0 Å². The van der Waals surface area contributed by atoms with Crippen LogP contribution in [0.3, 0.4) is 0 Å². The van der Waals surface area contributed by atoms with Gasteiger partial charge in [0.2, 0.25) is 0 Å². The molecule has 0 aliphatic carbocycles. The van der Waals surface area contributed by atoms with Crippen LogP contribution in [0.25, 0.3) is 22.5 Å². The number of benzene rings is 2. The molecule has 9 nitrogen and oxygen atoms in total. The lowest BCUT2D eigenvalue weighted by Crippen LogP contribution is -2.20. The largest absolute Gasteiger partial charge is 0.457 e. The molecule has 0 aliphatic rings. The fourth-order valence-corrected chi connectivity index (χ4v) is 3.88. The molecule has 0 saturated heterocycles. The van der Waals surface area contributed by atoms with Gasteiger partial charge >= 0.3 is 6.03 Å². The van der Waals surface area contributed by atoms with Gasteiger partial charge in [0.1, 0.15) is 17.3 Å². The van der Waals surface area contributed by atoms with Crippen molar-refractivity contribution in [2.24, 2.45) is 7.05 Å². The molecule has 3 heterocycles. The molecule has 37 heavy (non-hydrogen) atoms. The molecular weight excluding hydrogens is 473 g/mol. The van der Waals surface area contributed by atoms with Crippen LogP contribution in [-0.4, -0.2) is 30.6 Å². The van der Waals surface area contributed by atoms with Gasteiger partial charge in [0.25, 0.3) is 0 Å². The molecule has 0 radical (unpaired) electrons. The minimum absolute atomic E-state index is 0.0137. The predicted octanol–water partition coefficient (Wildman–Crippen LogP) is 5.94. The first-order valence-corrected chi connectivity index (χ1v) is 11.6. The van der Waals surface area contributed by atoms with E-state index in [1.807, 2.05) is 50.5 Å². The Labute approximate surface area is 212 Å². The van der Waals surface area contributed by atoms with E-state index in [-0.39, 0.29) is 11.4 Å². The van der Waals surface area contributed by atoms with Crippen LogP contribution in [0.4, 0.5) is 20.6 Å². The second kappa shape index (κ2) is 10.3. The third-order valence-electron chi connectivity index (χ3n) is 5.59. The van der Waals surface area contributed by atoms with Crippen molar-refractivity contribution < 1.29 is 13.9 Å². The van der Waals surface area contributed by atoms with Crippen LogP contribution in [0.1, 0.15) is 6.92 Å². The Balaban J connectivity index is 1.28. The van der Waals surface area contributed by atoms with Crippen molar-refractivity contribution in [1.82, 2.24) is 24.5 Å². The number of pyridine rings is 1. The quantitative estimate of drug-likeness (QED) is 0.290. The normalized spacial score (nSPS) is 10.8. The number of nitrogens with one attached hydrogen (secondary N) is 2. The molecule has 0 unspecified atom stereocenters. The highest BCUT2D eigenvalue weighted by Crippen LogP contribution is 2.30. The van der Waals surface area contributed by atoms with E-state index < -0.39 is 11.8 Å². The standard InChI is InChI=1S/C27H24FN7O2/c1-3-35-26(18-7-5-4-6-8-18)25(16-31-35)33-27(36)32-23-10-9-20(13-22(23)28)37-21-11-12-29-24(14-21)19-15-30-34(2)17-19/h4-17H,3H2,1-2H3,(H2,32,33,36). The number of hydrogen-bond acceptors (Lipinski definition) is 5. The van der Waals surface area contributed by atoms with Crippen LogP contribution in [0.15, 0.2) is 85.5 Å². The van der Waals surface area contributed by atoms with Crippen molar-refractivity contribution in [3.05, 3.63) is 91.3 Å². The Hall–Kier alpha value is -4.99. The van der Waals surface area contributed by atoms with Gasteiger partial charge in [-0.25, -0.2) is 9.18 Å². The molecule has 5 aromatic rings. The number of rotatable bonds is 7. The minimum atomic E-state index is -0.637. The molecule has 0 saturated carbocycles. The third kappa shape index (κ3) is 5.32. The first kappa shape index (κ1) is 23.7. The number of aryl methyl sites for hydroxylation is 2. The third-order valence-corrected chi connectivity index (χ3v) is 5.59. The summed E-state index contributed by atoms with van der Waals surface area (Å²) < 4.78 is 24.1. The van der Waals surface area contributed by atoms with E-state index in [9.17, 15) is 9.18 Å². The minimum Gasteiger partial charge on any atom is -0.457 e. The smallest absolute Gasteiger partial charge is 0.323 e. The highest BCUT2D eigenvalue weighted by atomic mass is 19.1. The van der Waals surface area contributed by atoms with Crippen molar-refractivity contribution >= 4 is 17.4 Å². The zero-order chi connectivity index (χ0) is 25.8. The summed E-state index contributed by atoms with van der Waals surface area (Å²) in [5.74, 6) is 0.136. The van der Waals surface area contributed by atoms with E-state index in [0.29, 0.717) is 23.7 Å². The van der Waals surface area contributed by atoms with E-state index in [1.54, 1.807) is 46.2 Å². The number of amides is 2. The summed E-state index contributed by atoms with van der Waals surface area (Å²) in [6, 6.07) is 16.7. The Kier molecular flexibility index (Phi) is 6.62. The topological polar surface area (TPSA) is 98.9 Å². The number of ether oxygens (including phenoxy) is 1. The number of carbonyl (C=O) groups is 1. The Bertz CT molecular complexity index is 1550. The average molecular weight is 498 g/mol. The maximum atomic E-state index is 14.8. The molecule has 186 valence electrons. The van der Waals surface area contributed by atoms with Crippen molar-refractivity contribution in [2.45, 2.75) is 13.5 Å². The second-order valence-corrected chi connectivity index (χ2v) is 8.19. The SMILES string of the molecule is CCn1ncc(NC(=O)Nc2ccc(Oc3ccnc(-c4cnn(C)c4)c3)cc2F)c1-c1ccccc1. The number of hydrogen-bond donors (Lipinski definition) is 2. The molecule has 2 N–H and O–H groups in total. The molecular formula is C27H24FN7O2. The fraction of sp³-hybridized carbons (Fsp3) is 0.111. The predicted molar refractivity (Wildman–Crippen MR) is 139 cm³/mol. The number of nitrogens with zero attached hydrogens (tertiary/aromatic N) is 5. The van der Waals surface area contributed by atoms with Gasteiger partial charge in [-0.15, -0.1) is 0 Å². The highest BCUT2D eigenvalue weighted by Gasteiger charge is 2.16. The first-order chi connectivity index (χ1) is 18.0. The lowest BCUT2D eigenvalue weighted by molar-refractivity contribution is 0.262. The van der Waals surface area contributed by atoms with E-state index in [4.69, 9.17) is 4.74 Å². The zero-order valence-electron chi connectivity index (χ0n) is 20.2. The second-order valence-electron chi connectivity index (χ2n) is 8.19. The summed E-state index contributed by atoms with van der Waals surface area (Å²) in [6.07, 6.45) is 6.73. The fourth-order valence-electron chi connectivity index (χ4n) is 3.88. The van der Waals surface area contributed by atoms with Gasteiger partial charge in [0.15, 0.2) is 0 Å². The van der Waals surface area contributed by atoms with Crippen LogP contribution in [0.2, 0.25) is 0 Å². The number of urea groups is 1. The highest BCUT2D eigenvalue weighted by molar-refractivity contribution is 6.02. The Morgan fingerprint density at radius 1 is 0.946 bits per heavy atom. The lowest BCUT2D eigenvalue weighted by atomic mass is 10.1. The van der Waals surface area contributed by atoms with Crippen LogP contribution in [0.5, 0.6) is 11.5 Å². The molecule has 0 bridgehead atoms. The maximum absolute atomic E-state index is 14.8. The van der Waals surface area contributed by atoms with Crippen molar-refractivity contribution in [3.8, 4) is 34.0 Å². The summed E-state index contributed by atoms with van der Waals surface area (Å²) in [5, 5.41) is 13.8. The lowest BCUT2D eigenvalue weighted by Gasteiger charge is -2.12. The van der Waals surface area contributed by atoms with Crippen LogP contribution in [0, 0.1) is 5.82 Å². The molecule has 2 amide bonds. The molecule has 2 aromatic carbocycles. The number of anilines is 2. The van der Waals surface area contributed by atoms with Gasteiger partial charge in [0.05, 0.1) is 35.2 Å². The molecule has 0 spiro atoms. The van der Waals surface area contributed by atoms with Crippen molar-refractivity contribution in [2.75, 3.05) is 10.6 Å². The molecule has 3 aromatic heterocycles. The zero-order valence-corrected chi connectivity index (χ0v) is 20.2. The van der Waals surface area contributed by atoms with Crippen LogP contribution < -0.4 is 15.4 Å². The van der Waals surface area contributed by atoms with Gasteiger partial charge < -0.3 is 15.4 Å². The number of carbonyl (C=O) groups excluding carboxylic acids is 1. The Morgan fingerprint density at radius 2 is 1.73 bits per heavy atom. The number of halogens is 1. The molecule has 0 atom stereocenters. The molecule has 0 aliphatic heterocycles. The van der Waals surface area contributed by atoms with E-state index in [1.165, 1.54) is 12.1 Å². The van der Waals surface area contributed by atoms with Gasteiger partial charge in [-0.3, -0.25) is 14.3 Å². The van der Waals surface area contributed by atoms with E-state index >= 15 is 0 Å². The molecule has 5 rings (SSSR count). The van der Waals surface area contributed by atoms with Crippen molar-refractivity contribution in [1.29, 1.82) is 0 Å². The molecule has 0 fully saturated rings. The summed E-state index contributed by atoms with van der Waals surface area (Å²) in [6.45, 7) is 2.60. The van der Waals surface area contributed by atoms with E-state index in [0.717, 1.165) is 16.8 Å². The number of aromatic nitrogens is 5. The maximum Gasteiger partial charge on any atom is 0.323 e. The molecule has 10 heteroatoms. The first-order valence-electron chi connectivity index (χ1n) is 11.6. The summed E-state index contributed by atoms with van der Waals surface area (Å²) in [7, 11) is 1.82. The van der Waals surface area contributed by atoms with Crippen LogP contribution >= 0.6 is 0 Å². The van der Waals surface area contributed by atoms with Gasteiger partial charge in [-0.1, -0.05) is 30.3 Å². The monoisotopic (exact) mass is 497 g/mol. The van der Waals surface area contributed by atoms with Gasteiger partial charge in [-0.2, -0.15) is 10.2 Å². The average Bonchev–Trinajstić information content (AvgIpc) is 3.52.